The number of hydrogen-bond donors (Lipinski definition) is 0. The Morgan fingerprint density at radius 2 is 1.94 bits per heavy atom. The lowest BCUT2D eigenvalue weighted by Crippen LogP contribution is -2.38. The van der Waals surface area contributed by atoms with E-state index in [1.165, 1.54) is 22.9 Å². The topological polar surface area (TPSA) is 84.2 Å². The third-order valence-electron chi connectivity index (χ3n) is 6.53. The minimum absolute atomic E-state index is 0.0586. The first-order chi connectivity index (χ1) is 15.7. The zero-order valence-electron chi connectivity index (χ0n) is 18.4. The number of carbonyl (C=O) groups excluding carboxylic acids is 1. The summed E-state index contributed by atoms with van der Waals surface area (Å²) >= 11 is 6.01. The number of hydrogen-bond acceptors (Lipinski definition) is 6. The molecule has 4 heterocycles. The Morgan fingerprint density at radius 3 is 2.61 bits per heavy atom. The number of anilines is 1. The lowest BCUT2D eigenvalue weighted by molar-refractivity contribution is 0.0772. The van der Waals surface area contributed by atoms with Crippen LogP contribution in [0, 0.1) is 24.6 Å². The molecular formula is C23H22ClFN6O2. The SMILES string of the molecule is Cc1cc(C(=O)N2C[C@@H]3[C@H](C2)[C@@H]3N(C)c2nc(-c3ccncc3F)cc(=O)n2C)cc(Cl)n1. The van der Waals surface area contributed by atoms with E-state index in [1.807, 2.05) is 16.8 Å². The van der Waals surface area contributed by atoms with Gasteiger partial charge >= 0.3 is 0 Å². The molecule has 3 atom stereocenters. The number of likely N-dealkylation sites (tertiary alicyclic amines) is 1. The summed E-state index contributed by atoms with van der Waals surface area (Å²) in [6.45, 7) is 3.03. The first kappa shape index (κ1) is 21.5. The van der Waals surface area contributed by atoms with Crippen molar-refractivity contribution in [1.82, 2.24) is 24.4 Å². The van der Waals surface area contributed by atoms with E-state index < -0.39 is 5.82 Å². The first-order valence-electron chi connectivity index (χ1n) is 10.6. The van der Waals surface area contributed by atoms with Gasteiger partial charge in [-0.1, -0.05) is 11.6 Å². The molecule has 1 aliphatic carbocycles. The Kier molecular flexibility index (Phi) is 5.16. The van der Waals surface area contributed by atoms with Gasteiger partial charge in [0, 0.05) is 74.1 Å². The van der Waals surface area contributed by atoms with Crippen molar-refractivity contribution in [3.05, 3.63) is 69.2 Å². The van der Waals surface area contributed by atoms with Crippen LogP contribution in [0.4, 0.5) is 10.3 Å². The second-order valence-electron chi connectivity index (χ2n) is 8.65. The van der Waals surface area contributed by atoms with Gasteiger partial charge in [0.25, 0.3) is 11.5 Å². The molecule has 0 spiro atoms. The van der Waals surface area contributed by atoms with Gasteiger partial charge in [-0.2, -0.15) is 0 Å². The van der Waals surface area contributed by atoms with E-state index in [4.69, 9.17) is 11.6 Å². The van der Waals surface area contributed by atoms with Crippen LogP contribution in [0.3, 0.4) is 0 Å². The van der Waals surface area contributed by atoms with Crippen LogP contribution >= 0.6 is 11.6 Å². The quantitative estimate of drug-likeness (QED) is 0.547. The number of aromatic nitrogens is 4. The van der Waals surface area contributed by atoms with Crippen LogP contribution in [0.1, 0.15) is 16.1 Å². The molecule has 33 heavy (non-hydrogen) atoms. The Labute approximate surface area is 194 Å². The lowest BCUT2D eigenvalue weighted by atomic mass is 10.2. The highest BCUT2D eigenvalue weighted by Crippen LogP contribution is 2.49. The van der Waals surface area contributed by atoms with Crippen LogP contribution < -0.4 is 10.5 Å². The van der Waals surface area contributed by atoms with Crippen molar-refractivity contribution in [3.63, 3.8) is 0 Å². The molecule has 5 rings (SSSR count). The number of rotatable bonds is 4. The monoisotopic (exact) mass is 468 g/mol. The largest absolute Gasteiger partial charge is 0.342 e. The summed E-state index contributed by atoms with van der Waals surface area (Å²) in [5, 5.41) is 0.304. The van der Waals surface area contributed by atoms with Crippen LogP contribution in [0.15, 0.2) is 41.5 Å². The molecule has 1 amide bonds. The van der Waals surface area contributed by atoms with Crippen LogP contribution in [-0.4, -0.2) is 56.5 Å². The van der Waals surface area contributed by atoms with Crippen molar-refractivity contribution in [2.45, 2.75) is 13.0 Å². The summed E-state index contributed by atoms with van der Waals surface area (Å²) < 4.78 is 15.7. The van der Waals surface area contributed by atoms with E-state index in [1.54, 1.807) is 26.1 Å². The molecule has 170 valence electrons. The molecule has 1 aliphatic heterocycles. The smallest absolute Gasteiger partial charge is 0.255 e. The summed E-state index contributed by atoms with van der Waals surface area (Å²) in [7, 11) is 3.53. The van der Waals surface area contributed by atoms with Gasteiger partial charge in [-0.3, -0.25) is 19.1 Å². The molecule has 1 saturated carbocycles. The second-order valence-corrected chi connectivity index (χ2v) is 9.04. The van der Waals surface area contributed by atoms with Gasteiger partial charge in [-0.15, -0.1) is 0 Å². The van der Waals surface area contributed by atoms with E-state index in [0.29, 0.717) is 35.4 Å². The number of fused-ring (bicyclic) bond motifs is 1. The average molecular weight is 469 g/mol. The van der Waals surface area contributed by atoms with Crippen molar-refractivity contribution in [2.24, 2.45) is 18.9 Å². The Hall–Kier alpha value is -3.33. The maximum Gasteiger partial charge on any atom is 0.255 e. The molecule has 8 nitrogen and oxygen atoms in total. The Balaban J connectivity index is 1.35. The molecule has 2 aliphatic rings. The summed E-state index contributed by atoms with van der Waals surface area (Å²) in [6.07, 6.45) is 2.57. The fraction of sp³-hybridized carbons (Fsp3) is 0.348. The normalized spacial score (nSPS) is 21.1. The van der Waals surface area contributed by atoms with Crippen molar-refractivity contribution < 1.29 is 9.18 Å². The average Bonchev–Trinajstić information content (AvgIpc) is 3.27. The van der Waals surface area contributed by atoms with Gasteiger partial charge in [-0.05, 0) is 25.1 Å². The number of halogens is 2. The van der Waals surface area contributed by atoms with Gasteiger partial charge in [-0.25, -0.2) is 14.4 Å². The minimum atomic E-state index is -0.532. The highest BCUT2D eigenvalue weighted by atomic mass is 35.5. The standard InChI is InChI=1S/C23H22ClFN6O2/c1-12-6-13(7-19(24)27-12)22(33)31-10-15-16(11-31)21(15)30(3)23-28-18(8-20(32)29(23)2)14-4-5-26-9-17(14)25/h4-9,15-16,21H,10-11H2,1-3H3/t15-,16+,21-. The van der Waals surface area contributed by atoms with E-state index in [2.05, 4.69) is 15.0 Å². The van der Waals surface area contributed by atoms with Crippen molar-refractivity contribution in [1.29, 1.82) is 0 Å². The molecule has 0 N–H and O–H groups in total. The number of amides is 1. The van der Waals surface area contributed by atoms with Crippen molar-refractivity contribution >= 4 is 23.5 Å². The highest BCUT2D eigenvalue weighted by molar-refractivity contribution is 6.29. The predicted octanol–water partition coefficient (Wildman–Crippen LogP) is 2.55. The third kappa shape index (κ3) is 3.76. The molecule has 0 unspecified atom stereocenters. The number of pyridine rings is 2. The molecule has 0 bridgehead atoms. The van der Waals surface area contributed by atoms with Gasteiger partial charge in [0.1, 0.15) is 5.15 Å². The molecule has 2 fully saturated rings. The van der Waals surface area contributed by atoms with E-state index in [0.717, 1.165) is 6.20 Å². The van der Waals surface area contributed by atoms with E-state index in [9.17, 15) is 14.0 Å². The lowest BCUT2D eigenvalue weighted by Gasteiger charge is -2.26. The number of nitrogens with zero attached hydrogens (tertiary/aromatic N) is 6. The van der Waals surface area contributed by atoms with Gasteiger partial charge in [0.2, 0.25) is 5.95 Å². The molecule has 3 aromatic rings. The van der Waals surface area contributed by atoms with Gasteiger partial charge in [0.05, 0.1) is 11.9 Å². The van der Waals surface area contributed by atoms with Gasteiger partial charge < -0.3 is 9.80 Å². The molecule has 0 radical (unpaired) electrons. The molecule has 3 aromatic heterocycles. The first-order valence-corrected chi connectivity index (χ1v) is 11.0. The van der Waals surface area contributed by atoms with Crippen LogP contribution in [0.25, 0.3) is 11.3 Å². The van der Waals surface area contributed by atoms with Crippen LogP contribution in [0.2, 0.25) is 5.15 Å². The van der Waals surface area contributed by atoms with Crippen molar-refractivity contribution in [3.8, 4) is 11.3 Å². The zero-order valence-corrected chi connectivity index (χ0v) is 19.1. The van der Waals surface area contributed by atoms with E-state index in [-0.39, 0.29) is 40.6 Å². The summed E-state index contributed by atoms with van der Waals surface area (Å²) in [6, 6.07) is 6.31. The minimum Gasteiger partial charge on any atom is -0.342 e. The van der Waals surface area contributed by atoms with Crippen LogP contribution in [0.5, 0.6) is 0 Å². The van der Waals surface area contributed by atoms with Crippen molar-refractivity contribution in [2.75, 3.05) is 25.0 Å². The zero-order chi connectivity index (χ0) is 23.4. The van der Waals surface area contributed by atoms with E-state index >= 15 is 0 Å². The van der Waals surface area contributed by atoms with Gasteiger partial charge in [0.15, 0.2) is 5.82 Å². The molecule has 10 heteroatoms. The highest BCUT2D eigenvalue weighted by Gasteiger charge is 2.59. The summed E-state index contributed by atoms with van der Waals surface area (Å²) in [5.41, 5.74) is 1.47. The summed E-state index contributed by atoms with van der Waals surface area (Å²) in [5.74, 6) is 0.418. The number of carbonyl (C=O) groups is 1. The number of piperidine rings is 1. The molecular weight excluding hydrogens is 447 g/mol. The molecule has 0 aromatic carbocycles. The Bertz CT molecular complexity index is 1300. The second kappa shape index (κ2) is 7.91. The predicted molar refractivity (Wildman–Crippen MR) is 122 cm³/mol. The third-order valence-corrected chi connectivity index (χ3v) is 6.72. The summed E-state index contributed by atoms with van der Waals surface area (Å²) in [4.78, 5) is 41.8. The maximum atomic E-state index is 14.2. The Morgan fingerprint density at radius 1 is 1.21 bits per heavy atom. The fourth-order valence-corrected chi connectivity index (χ4v) is 5.12. The molecule has 1 saturated heterocycles. The number of aryl methyl sites for hydroxylation is 1. The maximum absolute atomic E-state index is 14.2. The van der Waals surface area contributed by atoms with Crippen LogP contribution in [-0.2, 0) is 7.05 Å². The fourth-order valence-electron chi connectivity index (χ4n) is 4.87.